The lowest BCUT2D eigenvalue weighted by Crippen LogP contribution is -2.36. The van der Waals surface area contributed by atoms with Gasteiger partial charge in [0.2, 0.25) is 5.91 Å². The molecule has 1 saturated heterocycles. The minimum Gasteiger partial charge on any atom is -0.356 e. The van der Waals surface area contributed by atoms with Crippen LogP contribution in [-0.4, -0.2) is 56.9 Å². The summed E-state index contributed by atoms with van der Waals surface area (Å²) < 4.78 is 23.0. The summed E-state index contributed by atoms with van der Waals surface area (Å²) >= 11 is 1.75. The van der Waals surface area contributed by atoms with Crippen LogP contribution >= 0.6 is 11.3 Å². The third-order valence-electron chi connectivity index (χ3n) is 4.63. The number of carbonyl (C=O) groups is 1. The van der Waals surface area contributed by atoms with Crippen molar-refractivity contribution >= 4 is 27.1 Å². The molecule has 1 atom stereocenters. The Balaban J connectivity index is 1.66. The van der Waals surface area contributed by atoms with Gasteiger partial charge in [-0.05, 0) is 50.2 Å². The number of sulfone groups is 1. The molecule has 130 valence electrons. The van der Waals surface area contributed by atoms with E-state index in [1.54, 1.807) is 11.3 Å². The zero-order valence-corrected chi connectivity index (χ0v) is 15.7. The van der Waals surface area contributed by atoms with Crippen LogP contribution in [0.1, 0.15) is 28.8 Å². The van der Waals surface area contributed by atoms with Crippen molar-refractivity contribution in [2.45, 2.75) is 39.2 Å². The van der Waals surface area contributed by atoms with Crippen LogP contribution in [-0.2, 0) is 21.1 Å². The van der Waals surface area contributed by atoms with E-state index in [0.29, 0.717) is 25.9 Å². The topological polar surface area (TPSA) is 66.5 Å². The molecule has 1 fully saturated rings. The quantitative estimate of drug-likeness (QED) is 0.803. The zero-order chi connectivity index (χ0) is 17.0. The molecule has 1 aromatic heterocycles. The largest absolute Gasteiger partial charge is 0.356 e. The summed E-state index contributed by atoms with van der Waals surface area (Å²) in [5.41, 5.74) is 2.63. The molecule has 0 bridgehead atoms. The Kier molecular flexibility index (Phi) is 6.22. The predicted octanol–water partition coefficient (Wildman–Crippen LogP) is 1.53. The first-order valence-corrected chi connectivity index (χ1v) is 10.7. The molecule has 5 nitrogen and oxygen atoms in total. The number of aryl methyl sites for hydroxylation is 1. The molecule has 23 heavy (non-hydrogen) atoms. The predicted molar refractivity (Wildman–Crippen MR) is 94.8 cm³/mol. The molecule has 1 aromatic rings. The summed E-state index contributed by atoms with van der Waals surface area (Å²) in [5, 5.41) is 5.11. The first kappa shape index (κ1) is 18.4. The molecule has 2 heterocycles. The van der Waals surface area contributed by atoms with Crippen LogP contribution in [0, 0.1) is 13.8 Å². The Hall–Kier alpha value is -0.920. The van der Waals surface area contributed by atoms with E-state index in [1.165, 1.54) is 16.0 Å². The Morgan fingerprint density at radius 1 is 1.43 bits per heavy atom. The maximum Gasteiger partial charge on any atom is 0.221 e. The fraction of sp³-hybridized carbons (Fsp3) is 0.688. The fourth-order valence-corrected chi connectivity index (χ4v) is 5.54. The molecule has 1 unspecified atom stereocenters. The highest BCUT2D eigenvalue weighted by Gasteiger charge is 2.30. The van der Waals surface area contributed by atoms with Gasteiger partial charge in [0.05, 0.1) is 11.5 Å². The lowest BCUT2D eigenvalue weighted by atomic mass is 10.1. The van der Waals surface area contributed by atoms with Gasteiger partial charge in [-0.3, -0.25) is 4.79 Å². The normalized spacial score (nSPS) is 20.1. The van der Waals surface area contributed by atoms with Crippen molar-refractivity contribution in [1.29, 1.82) is 0 Å². The Labute approximate surface area is 143 Å². The van der Waals surface area contributed by atoms with E-state index < -0.39 is 9.84 Å². The first-order valence-electron chi connectivity index (χ1n) is 7.99. The van der Waals surface area contributed by atoms with Crippen LogP contribution in [0.2, 0.25) is 0 Å². The zero-order valence-electron chi connectivity index (χ0n) is 14.1. The lowest BCUT2D eigenvalue weighted by molar-refractivity contribution is -0.121. The van der Waals surface area contributed by atoms with Crippen LogP contribution in [0.3, 0.4) is 0 Å². The first-order chi connectivity index (χ1) is 10.8. The Bertz CT molecular complexity index is 652. The van der Waals surface area contributed by atoms with Gasteiger partial charge in [0.15, 0.2) is 9.84 Å². The number of nitrogens with zero attached hydrogens (tertiary/aromatic N) is 1. The summed E-state index contributed by atoms with van der Waals surface area (Å²) in [6.45, 7) is 5.48. The highest BCUT2D eigenvalue weighted by molar-refractivity contribution is 7.91. The third kappa shape index (κ3) is 5.29. The fourth-order valence-electron chi connectivity index (χ4n) is 2.82. The number of hydrogen-bond acceptors (Lipinski definition) is 5. The number of rotatable bonds is 7. The van der Waals surface area contributed by atoms with Gasteiger partial charge in [-0.1, -0.05) is 0 Å². The highest BCUT2D eigenvalue weighted by Crippen LogP contribution is 2.20. The molecule has 2 rings (SSSR count). The van der Waals surface area contributed by atoms with Crippen molar-refractivity contribution in [3.05, 3.63) is 21.4 Å². The summed E-state index contributed by atoms with van der Waals surface area (Å²) in [5.74, 6) is 0.525. The molecule has 1 N–H and O–H groups in total. The molecule has 1 amide bonds. The maximum absolute atomic E-state index is 11.9. The van der Waals surface area contributed by atoms with Crippen molar-refractivity contribution in [3.63, 3.8) is 0 Å². The van der Waals surface area contributed by atoms with E-state index >= 15 is 0 Å². The molecule has 0 aliphatic carbocycles. The number of amides is 1. The monoisotopic (exact) mass is 358 g/mol. The van der Waals surface area contributed by atoms with Gasteiger partial charge in [0.1, 0.15) is 0 Å². The van der Waals surface area contributed by atoms with Gasteiger partial charge in [0, 0.05) is 30.4 Å². The third-order valence-corrected chi connectivity index (χ3v) is 7.44. The molecule has 0 saturated carbocycles. The van der Waals surface area contributed by atoms with Gasteiger partial charge in [-0.2, -0.15) is 0 Å². The minimum atomic E-state index is -2.87. The van der Waals surface area contributed by atoms with Crippen LogP contribution in [0.5, 0.6) is 0 Å². The molecule has 0 radical (unpaired) electrons. The van der Waals surface area contributed by atoms with E-state index in [2.05, 4.69) is 24.5 Å². The van der Waals surface area contributed by atoms with E-state index in [-0.39, 0.29) is 23.5 Å². The lowest BCUT2D eigenvalue weighted by Gasteiger charge is -2.22. The van der Waals surface area contributed by atoms with Crippen LogP contribution < -0.4 is 5.32 Å². The SMILES string of the molecule is Cc1scc(CCNC(=O)CCN(C)C2CCS(=O)(=O)C2)c1C. The van der Waals surface area contributed by atoms with E-state index in [9.17, 15) is 13.2 Å². The maximum atomic E-state index is 11.9. The van der Waals surface area contributed by atoms with Crippen molar-refractivity contribution in [1.82, 2.24) is 10.2 Å². The van der Waals surface area contributed by atoms with Crippen molar-refractivity contribution in [3.8, 4) is 0 Å². The van der Waals surface area contributed by atoms with Gasteiger partial charge in [-0.25, -0.2) is 8.42 Å². The second-order valence-electron chi connectivity index (χ2n) is 6.33. The van der Waals surface area contributed by atoms with Crippen molar-refractivity contribution in [2.75, 3.05) is 31.6 Å². The van der Waals surface area contributed by atoms with Crippen LogP contribution in [0.15, 0.2) is 5.38 Å². The van der Waals surface area contributed by atoms with E-state index in [0.717, 1.165) is 6.42 Å². The number of hydrogen-bond donors (Lipinski definition) is 1. The van der Waals surface area contributed by atoms with Gasteiger partial charge < -0.3 is 10.2 Å². The van der Waals surface area contributed by atoms with Crippen LogP contribution in [0.25, 0.3) is 0 Å². The van der Waals surface area contributed by atoms with E-state index in [4.69, 9.17) is 0 Å². The smallest absolute Gasteiger partial charge is 0.221 e. The van der Waals surface area contributed by atoms with Gasteiger partial charge in [-0.15, -0.1) is 11.3 Å². The summed E-state index contributed by atoms with van der Waals surface area (Å²) in [4.78, 5) is 15.2. The summed E-state index contributed by atoms with van der Waals surface area (Å²) in [7, 11) is -0.968. The molecule has 0 spiro atoms. The number of carbonyl (C=O) groups excluding carboxylic acids is 1. The molecule has 0 aromatic carbocycles. The molecular formula is C16H26N2O3S2. The number of nitrogens with one attached hydrogen (secondary N) is 1. The Morgan fingerprint density at radius 3 is 2.74 bits per heavy atom. The average Bonchev–Trinajstić information content (AvgIpc) is 3.01. The summed E-state index contributed by atoms with van der Waals surface area (Å²) in [6, 6.07) is 0.0595. The molecular weight excluding hydrogens is 332 g/mol. The minimum absolute atomic E-state index is 0.0299. The average molecular weight is 359 g/mol. The van der Waals surface area contributed by atoms with E-state index in [1.807, 2.05) is 11.9 Å². The van der Waals surface area contributed by atoms with Crippen molar-refractivity contribution < 1.29 is 13.2 Å². The van der Waals surface area contributed by atoms with Crippen molar-refractivity contribution in [2.24, 2.45) is 0 Å². The number of thiophene rings is 1. The standard InChI is InChI=1S/C16H26N2O3S2/c1-12-13(2)22-10-14(12)4-7-17-16(19)5-8-18(3)15-6-9-23(20,21)11-15/h10,15H,4-9,11H2,1-3H3,(H,17,19). The molecule has 7 heteroatoms. The highest BCUT2D eigenvalue weighted by atomic mass is 32.2. The second-order valence-corrected chi connectivity index (χ2v) is 9.64. The van der Waals surface area contributed by atoms with Crippen LogP contribution in [0.4, 0.5) is 0 Å². The summed E-state index contributed by atoms with van der Waals surface area (Å²) in [6.07, 6.45) is 1.95. The molecule has 1 aliphatic heterocycles. The van der Waals surface area contributed by atoms with Gasteiger partial charge in [0.25, 0.3) is 0 Å². The second kappa shape index (κ2) is 7.77. The van der Waals surface area contributed by atoms with Gasteiger partial charge >= 0.3 is 0 Å². The Morgan fingerprint density at radius 2 is 2.17 bits per heavy atom. The molecule has 1 aliphatic rings.